The fourth-order valence-electron chi connectivity index (χ4n) is 1.58. The Hall–Kier alpha value is -1.84. The highest BCUT2D eigenvalue weighted by atomic mass is 16.2. The van der Waals surface area contributed by atoms with Crippen LogP contribution < -0.4 is 10.6 Å². The Labute approximate surface area is 94.8 Å². The van der Waals surface area contributed by atoms with Gasteiger partial charge in [0, 0.05) is 18.8 Å². The zero-order chi connectivity index (χ0) is 11.4. The first-order valence-corrected chi connectivity index (χ1v) is 5.42. The summed E-state index contributed by atoms with van der Waals surface area (Å²) < 4.78 is 0. The number of hydrogen-bond acceptors (Lipinski definition) is 3. The second-order valence-electron chi connectivity index (χ2n) is 3.78. The smallest absolute Gasteiger partial charge is 0.290 e. The van der Waals surface area contributed by atoms with Crippen LogP contribution in [0.15, 0.2) is 29.3 Å². The lowest BCUT2D eigenvalue weighted by Gasteiger charge is -2.14. The number of nitrogens with one attached hydrogen (secondary N) is 2. The predicted octanol–water partition coefficient (Wildman–Crippen LogP) is 1.33. The minimum Gasteiger partial charge on any atom is -0.366 e. The highest BCUT2D eigenvalue weighted by Gasteiger charge is 2.13. The monoisotopic (exact) mass is 217 g/mol. The van der Waals surface area contributed by atoms with Crippen molar-refractivity contribution in [2.24, 2.45) is 4.99 Å². The number of nitrogens with zero attached hydrogens (tertiary/aromatic N) is 1. The first kappa shape index (κ1) is 10.7. The third-order valence-corrected chi connectivity index (χ3v) is 2.51. The van der Waals surface area contributed by atoms with Crippen molar-refractivity contribution in [1.29, 1.82) is 0 Å². The van der Waals surface area contributed by atoms with E-state index in [1.165, 1.54) is 0 Å². The van der Waals surface area contributed by atoms with Crippen LogP contribution in [0.2, 0.25) is 0 Å². The molecule has 0 saturated heterocycles. The second-order valence-corrected chi connectivity index (χ2v) is 3.78. The Morgan fingerprint density at radius 3 is 2.94 bits per heavy atom. The molecule has 0 aliphatic carbocycles. The molecule has 0 bridgehead atoms. The Morgan fingerprint density at radius 1 is 1.44 bits per heavy atom. The van der Waals surface area contributed by atoms with Crippen molar-refractivity contribution in [3.05, 3.63) is 29.8 Å². The van der Waals surface area contributed by atoms with Crippen LogP contribution in [0, 0.1) is 6.92 Å². The molecule has 2 N–H and O–H groups in total. The summed E-state index contributed by atoms with van der Waals surface area (Å²) in [5.74, 6) is 0.281. The van der Waals surface area contributed by atoms with Crippen LogP contribution in [-0.2, 0) is 4.79 Å². The number of benzene rings is 1. The van der Waals surface area contributed by atoms with E-state index in [1.54, 1.807) is 0 Å². The number of aliphatic imine (C=N–C) groups is 1. The van der Waals surface area contributed by atoms with E-state index in [9.17, 15) is 4.79 Å². The third kappa shape index (κ3) is 2.39. The molecular formula is C12H15N3O. The number of carbonyl (C=O) groups excluding carboxylic acids is 1. The molecule has 16 heavy (non-hydrogen) atoms. The van der Waals surface area contributed by atoms with Gasteiger partial charge in [0.1, 0.15) is 0 Å². The molecule has 0 saturated carbocycles. The highest BCUT2D eigenvalue weighted by Crippen LogP contribution is 2.12. The predicted molar refractivity (Wildman–Crippen MR) is 64.7 cm³/mol. The van der Waals surface area contributed by atoms with Gasteiger partial charge in [-0.2, -0.15) is 0 Å². The molecule has 1 aromatic carbocycles. The van der Waals surface area contributed by atoms with Gasteiger partial charge < -0.3 is 10.6 Å². The first-order valence-electron chi connectivity index (χ1n) is 5.42. The molecule has 4 nitrogen and oxygen atoms in total. The molecule has 1 heterocycles. The summed E-state index contributed by atoms with van der Waals surface area (Å²) in [6.07, 6.45) is 0.987. The molecular weight excluding hydrogens is 202 g/mol. The summed E-state index contributed by atoms with van der Waals surface area (Å²) in [5, 5.41) is 5.84. The van der Waals surface area contributed by atoms with Gasteiger partial charge in [-0.05, 0) is 25.0 Å². The number of carbonyl (C=O) groups is 1. The maximum atomic E-state index is 11.8. The van der Waals surface area contributed by atoms with Gasteiger partial charge in [0.15, 0.2) is 5.84 Å². The molecule has 0 aromatic heterocycles. The van der Waals surface area contributed by atoms with E-state index in [1.807, 2.05) is 31.2 Å². The average molecular weight is 217 g/mol. The summed E-state index contributed by atoms with van der Waals surface area (Å²) in [7, 11) is 0. The zero-order valence-corrected chi connectivity index (χ0v) is 9.29. The lowest BCUT2D eigenvalue weighted by molar-refractivity contribution is -0.110. The van der Waals surface area contributed by atoms with Crippen molar-refractivity contribution in [3.63, 3.8) is 0 Å². The van der Waals surface area contributed by atoms with E-state index in [4.69, 9.17) is 0 Å². The van der Waals surface area contributed by atoms with Crippen molar-refractivity contribution < 1.29 is 4.79 Å². The number of amides is 1. The second kappa shape index (κ2) is 4.79. The van der Waals surface area contributed by atoms with Gasteiger partial charge >= 0.3 is 0 Å². The van der Waals surface area contributed by atoms with Crippen molar-refractivity contribution in [2.45, 2.75) is 13.3 Å². The molecule has 0 fully saturated rings. The maximum Gasteiger partial charge on any atom is 0.290 e. The number of aryl methyl sites for hydroxylation is 1. The number of amidine groups is 1. The SMILES string of the molecule is Cc1ccccc1NC(=O)C1=NCCCN1. The van der Waals surface area contributed by atoms with Crippen molar-refractivity contribution in [3.8, 4) is 0 Å². The fraction of sp³-hybridized carbons (Fsp3) is 0.333. The lowest BCUT2D eigenvalue weighted by atomic mass is 10.2. The summed E-state index contributed by atoms with van der Waals surface area (Å²) >= 11 is 0. The van der Waals surface area contributed by atoms with E-state index in [2.05, 4.69) is 15.6 Å². The van der Waals surface area contributed by atoms with Crippen LogP contribution in [-0.4, -0.2) is 24.8 Å². The molecule has 1 aromatic rings. The highest BCUT2D eigenvalue weighted by molar-refractivity contribution is 6.42. The van der Waals surface area contributed by atoms with Crippen LogP contribution in [0.5, 0.6) is 0 Å². The number of rotatable bonds is 2. The molecule has 2 rings (SSSR count). The Balaban J connectivity index is 2.07. The van der Waals surface area contributed by atoms with E-state index in [0.29, 0.717) is 5.84 Å². The van der Waals surface area contributed by atoms with E-state index in [0.717, 1.165) is 30.8 Å². The molecule has 0 unspecified atom stereocenters. The molecule has 1 aliphatic rings. The molecule has 0 atom stereocenters. The number of anilines is 1. The van der Waals surface area contributed by atoms with Gasteiger partial charge in [-0.15, -0.1) is 0 Å². The van der Waals surface area contributed by atoms with Crippen molar-refractivity contribution >= 4 is 17.4 Å². The van der Waals surface area contributed by atoms with Crippen LogP contribution in [0.1, 0.15) is 12.0 Å². The van der Waals surface area contributed by atoms with Crippen LogP contribution in [0.3, 0.4) is 0 Å². The molecule has 0 radical (unpaired) electrons. The Morgan fingerprint density at radius 2 is 2.25 bits per heavy atom. The summed E-state index contributed by atoms with van der Waals surface area (Å²) in [6.45, 7) is 3.51. The topological polar surface area (TPSA) is 53.5 Å². The lowest BCUT2D eigenvalue weighted by Crippen LogP contribution is -2.39. The summed E-state index contributed by atoms with van der Waals surface area (Å²) in [5.41, 5.74) is 1.88. The van der Waals surface area contributed by atoms with Crippen molar-refractivity contribution in [2.75, 3.05) is 18.4 Å². The van der Waals surface area contributed by atoms with Gasteiger partial charge in [0.25, 0.3) is 5.91 Å². The molecule has 1 amide bonds. The van der Waals surface area contributed by atoms with Gasteiger partial charge in [0.05, 0.1) is 0 Å². The van der Waals surface area contributed by atoms with Crippen LogP contribution in [0.4, 0.5) is 5.69 Å². The average Bonchev–Trinajstić information content (AvgIpc) is 2.33. The van der Waals surface area contributed by atoms with Gasteiger partial charge in [0.2, 0.25) is 0 Å². The number of para-hydroxylation sites is 1. The van der Waals surface area contributed by atoms with Crippen molar-refractivity contribution in [1.82, 2.24) is 5.32 Å². The maximum absolute atomic E-state index is 11.8. The minimum atomic E-state index is -0.158. The summed E-state index contributed by atoms with van der Waals surface area (Å²) in [6, 6.07) is 7.70. The first-order chi connectivity index (χ1) is 7.77. The largest absolute Gasteiger partial charge is 0.366 e. The van der Waals surface area contributed by atoms with E-state index < -0.39 is 0 Å². The van der Waals surface area contributed by atoms with E-state index in [-0.39, 0.29) is 5.91 Å². The quantitative estimate of drug-likeness (QED) is 0.785. The van der Waals surface area contributed by atoms with Crippen LogP contribution in [0.25, 0.3) is 0 Å². The van der Waals surface area contributed by atoms with Crippen LogP contribution >= 0.6 is 0 Å². The van der Waals surface area contributed by atoms with Gasteiger partial charge in [-0.25, -0.2) is 0 Å². The Kier molecular flexibility index (Phi) is 3.19. The van der Waals surface area contributed by atoms with Gasteiger partial charge in [-0.3, -0.25) is 9.79 Å². The normalized spacial score (nSPS) is 14.9. The third-order valence-electron chi connectivity index (χ3n) is 2.51. The molecule has 0 spiro atoms. The Bertz CT molecular complexity index is 426. The zero-order valence-electron chi connectivity index (χ0n) is 9.29. The minimum absolute atomic E-state index is 0.158. The van der Waals surface area contributed by atoms with E-state index >= 15 is 0 Å². The number of hydrogen-bond donors (Lipinski definition) is 2. The standard InChI is InChI=1S/C12H15N3O/c1-9-5-2-3-6-10(9)15-12(16)11-13-7-4-8-14-11/h2-3,5-6H,4,7-8H2,1H3,(H,13,14)(H,15,16). The summed E-state index contributed by atoms with van der Waals surface area (Å²) in [4.78, 5) is 16.0. The molecule has 4 heteroatoms. The molecule has 1 aliphatic heterocycles. The fourth-order valence-corrected chi connectivity index (χ4v) is 1.58. The molecule has 84 valence electrons. The van der Waals surface area contributed by atoms with Gasteiger partial charge in [-0.1, -0.05) is 18.2 Å².